The van der Waals surface area contributed by atoms with E-state index in [2.05, 4.69) is 15.3 Å². The molecule has 0 bridgehead atoms. The lowest BCUT2D eigenvalue weighted by Crippen LogP contribution is -2.28. The van der Waals surface area contributed by atoms with Gasteiger partial charge in [0, 0.05) is 12.0 Å². The van der Waals surface area contributed by atoms with E-state index in [1.165, 1.54) is 31.4 Å². The molecule has 180 valence electrons. The maximum atomic E-state index is 13.4. The molecule has 0 saturated heterocycles. The number of rotatable bonds is 8. The summed E-state index contributed by atoms with van der Waals surface area (Å²) in [5, 5.41) is 1.68. The number of ether oxygens (including phenoxy) is 1. The van der Waals surface area contributed by atoms with Gasteiger partial charge in [-0.25, -0.2) is 18.4 Å². The molecule has 0 fully saturated rings. The molecule has 1 heterocycles. The van der Waals surface area contributed by atoms with Gasteiger partial charge in [-0.05, 0) is 42.8 Å². The number of methoxy groups -OCH3 is 1. The predicted octanol–water partition coefficient (Wildman–Crippen LogP) is 4.21. The van der Waals surface area contributed by atoms with Crippen LogP contribution >= 0.6 is 0 Å². The molecule has 0 radical (unpaired) electrons. The van der Waals surface area contributed by atoms with Crippen LogP contribution in [0.1, 0.15) is 30.6 Å². The summed E-state index contributed by atoms with van der Waals surface area (Å²) in [4.78, 5) is 19.4. The number of hydrogen-bond acceptors (Lipinski definition) is 6. The highest BCUT2D eigenvalue weighted by Crippen LogP contribution is 2.31. The van der Waals surface area contributed by atoms with Crippen LogP contribution in [0.25, 0.3) is 11.3 Å². The van der Waals surface area contributed by atoms with Crippen LogP contribution < -0.4 is 10.1 Å². The number of carbonyl (C=O) groups excluding carboxylic acids is 1. The molecule has 1 unspecified atom stereocenters. The molecule has 34 heavy (non-hydrogen) atoms. The van der Waals surface area contributed by atoms with E-state index in [1.807, 2.05) is 6.07 Å². The first-order valence-electron chi connectivity index (χ1n) is 10.2. The fourth-order valence-electron chi connectivity index (χ4n) is 3.08. The molecule has 1 atom stereocenters. The predicted molar refractivity (Wildman–Crippen MR) is 119 cm³/mol. The average molecular weight is 494 g/mol. The highest BCUT2D eigenvalue weighted by Gasteiger charge is 2.35. The van der Waals surface area contributed by atoms with Crippen molar-refractivity contribution in [3.8, 4) is 17.0 Å². The molecule has 0 aliphatic heterocycles. The first kappa shape index (κ1) is 25.2. The molecule has 1 aromatic heterocycles. The number of hydrogen-bond donors (Lipinski definition) is 1. The van der Waals surface area contributed by atoms with Gasteiger partial charge >= 0.3 is 6.18 Å². The van der Waals surface area contributed by atoms with Crippen molar-refractivity contribution in [1.29, 1.82) is 0 Å². The minimum Gasteiger partial charge on any atom is -0.497 e. The third kappa shape index (κ3) is 6.31. The molecule has 0 aliphatic carbocycles. The smallest absolute Gasteiger partial charge is 0.433 e. The summed E-state index contributed by atoms with van der Waals surface area (Å²) in [6.07, 6.45) is -5.35. The van der Waals surface area contributed by atoms with Gasteiger partial charge in [0.1, 0.15) is 11.4 Å². The van der Waals surface area contributed by atoms with Gasteiger partial charge in [-0.15, -0.1) is 0 Å². The molecule has 1 amide bonds. The summed E-state index contributed by atoms with van der Waals surface area (Å²) < 4.78 is 70.8. The summed E-state index contributed by atoms with van der Waals surface area (Å²) in [7, 11) is -2.96. The molecular formula is C23H22F3N3O4S. The van der Waals surface area contributed by atoms with Gasteiger partial charge in [0.25, 0.3) is 0 Å². The van der Waals surface area contributed by atoms with Crippen LogP contribution in [0.5, 0.6) is 5.75 Å². The summed E-state index contributed by atoms with van der Waals surface area (Å²) >= 11 is 0. The molecule has 0 spiro atoms. The topological polar surface area (TPSA) is 98.2 Å². The molecule has 3 aromatic rings. The van der Waals surface area contributed by atoms with E-state index >= 15 is 0 Å². The van der Waals surface area contributed by atoms with Gasteiger partial charge in [0.15, 0.2) is 0 Å². The molecule has 3 rings (SSSR count). The van der Waals surface area contributed by atoms with E-state index in [9.17, 15) is 26.4 Å². The Labute approximate surface area is 194 Å². The quantitative estimate of drug-likeness (QED) is 0.472. The van der Waals surface area contributed by atoms with Crippen LogP contribution in [0, 0.1) is 0 Å². The van der Waals surface area contributed by atoms with Gasteiger partial charge in [0.2, 0.25) is 20.9 Å². The van der Waals surface area contributed by atoms with Crippen LogP contribution in [0.3, 0.4) is 0 Å². The van der Waals surface area contributed by atoms with E-state index in [0.29, 0.717) is 11.8 Å². The number of aromatic nitrogens is 2. The second-order valence-corrected chi connectivity index (χ2v) is 9.42. The normalized spacial score (nSPS) is 12.7. The number of nitrogens with zero attached hydrogens (tertiary/aromatic N) is 2. The molecule has 0 saturated carbocycles. The zero-order valence-electron chi connectivity index (χ0n) is 18.3. The SMILES string of the molecule is COc1ccc(-c2cc(C(F)(F)F)nc(S(=O)(=O)CCC(=O)NC(C)c3ccccc3)n2)cc1. The Morgan fingerprint density at radius 3 is 2.29 bits per heavy atom. The number of alkyl halides is 3. The Kier molecular flexibility index (Phi) is 7.55. The number of sulfone groups is 1. The zero-order chi connectivity index (χ0) is 24.9. The van der Waals surface area contributed by atoms with Crippen LogP contribution in [0.2, 0.25) is 0 Å². The van der Waals surface area contributed by atoms with E-state index in [0.717, 1.165) is 5.56 Å². The van der Waals surface area contributed by atoms with E-state index in [4.69, 9.17) is 4.74 Å². The summed E-state index contributed by atoms with van der Waals surface area (Å²) in [5.74, 6) is -0.844. The van der Waals surface area contributed by atoms with Crippen molar-refractivity contribution in [2.45, 2.75) is 30.7 Å². The third-order valence-corrected chi connectivity index (χ3v) is 6.42. The Hall–Kier alpha value is -3.47. The Morgan fingerprint density at radius 1 is 1.06 bits per heavy atom. The van der Waals surface area contributed by atoms with Gasteiger partial charge in [-0.3, -0.25) is 4.79 Å². The molecule has 2 aromatic carbocycles. The lowest BCUT2D eigenvalue weighted by molar-refractivity contribution is -0.141. The van der Waals surface area contributed by atoms with Crippen molar-refractivity contribution >= 4 is 15.7 Å². The lowest BCUT2D eigenvalue weighted by atomic mass is 10.1. The molecule has 0 aliphatic rings. The van der Waals surface area contributed by atoms with Crippen molar-refractivity contribution in [2.75, 3.05) is 12.9 Å². The van der Waals surface area contributed by atoms with E-state index in [1.54, 1.807) is 31.2 Å². The van der Waals surface area contributed by atoms with Crippen molar-refractivity contribution in [1.82, 2.24) is 15.3 Å². The maximum Gasteiger partial charge on any atom is 0.433 e. The number of halogens is 3. The minimum atomic E-state index is -4.89. The Morgan fingerprint density at radius 2 is 1.71 bits per heavy atom. The highest BCUT2D eigenvalue weighted by molar-refractivity contribution is 7.91. The standard InChI is InChI=1S/C23H22F3N3O4S/c1-15(16-6-4-3-5-7-16)27-21(30)12-13-34(31,32)22-28-19(14-20(29-22)23(24,25)26)17-8-10-18(33-2)11-9-17/h3-11,14-15H,12-13H2,1-2H3,(H,27,30). The highest BCUT2D eigenvalue weighted by atomic mass is 32.2. The summed E-state index contributed by atoms with van der Waals surface area (Å²) in [5.41, 5.74) is -0.539. The zero-order valence-corrected chi connectivity index (χ0v) is 19.2. The minimum absolute atomic E-state index is 0.217. The Balaban J connectivity index is 1.82. The third-order valence-electron chi connectivity index (χ3n) is 4.93. The van der Waals surface area contributed by atoms with Crippen LogP contribution in [-0.4, -0.2) is 37.2 Å². The molecule has 7 nitrogen and oxygen atoms in total. The van der Waals surface area contributed by atoms with Crippen molar-refractivity contribution in [3.63, 3.8) is 0 Å². The summed E-state index contributed by atoms with van der Waals surface area (Å²) in [6, 6.07) is 15.3. The van der Waals surface area contributed by atoms with Crippen molar-refractivity contribution < 1.29 is 31.1 Å². The first-order chi connectivity index (χ1) is 16.0. The number of amides is 1. The van der Waals surface area contributed by atoms with Crippen molar-refractivity contribution in [2.24, 2.45) is 0 Å². The Bertz CT molecular complexity index is 1250. The first-order valence-corrected chi connectivity index (χ1v) is 11.8. The molecular weight excluding hydrogens is 471 g/mol. The van der Waals surface area contributed by atoms with Crippen molar-refractivity contribution in [3.05, 3.63) is 71.9 Å². The molecule has 1 N–H and O–H groups in total. The monoisotopic (exact) mass is 493 g/mol. The lowest BCUT2D eigenvalue weighted by Gasteiger charge is -2.14. The average Bonchev–Trinajstić information content (AvgIpc) is 2.82. The summed E-state index contributed by atoms with van der Waals surface area (Å²) in [6.45, 7) is 1.73. The van der Waals surface area contributed by atoms with E-state index in [-0.39, 0.29) is 17.3 Å². The van der Waals surface area contributed by atoms with Crippen LogP contribution in [-0.2, 0) is 20.8 Å². The molecule has 11 heteroatoms. The van der Waals surface area contributed by atoms with Crippen LogP contribution in [0.15, 0.2) is 65.8 Å². The fourth-order valence-corrected chi connectivity index (χ4v) is 4.19. The second-order valence-electron chi connectivity index (χ2n) is 7.42. The van der Waals surface area contributed by atoms with Gasteiger partial charge < -0.3 is 10.1 Å². The maximum absolute atomic E-state index is 13.4. The fraction of sp³-hybridized carbons (Fsp3) is 0.261. The van der Waals surface area contributed by atoms with Gasteiger partial charge in [-0.2, -0.15) is 13.2 Å². The number of carbonyl (C=O) groups is 1. The largest absolute Gasteiger partial charge is 0.497 e. The number of nitrogens with one attached hydrogen (secondary N) is 1. The van der Waals surface area contributed by atoms with Gasteiger partial charge in [0.05, 0.1) is 24.6 Å². The number of benzene rings is 2. The second kappa shape index (κ2) is 10.2. The van der Waals surface area contributed by atoms with E-state index < -0.39 is 44.9 Å². The van der Waals surface area contributed by atoms with Gasteiger partial charge in [-0.1, -0.05) is 30.3 Å². The van der Waals surface area contributed by atoms with Crippen LogP contribution in [0.4, 0.5) is 13.2 Å².